The Bertz CT molecular complexity index is 586. The summed E-state index contributed by atoms with van der Waals surface area (Å²) in [4.78, 5) is 36.8. The maximum absolute atomic E-state index is 12.3. The first-order chi connectivity index (χ1) is 9.54. The molecule has 1 fully saturated rings. The van der Waals surface area contributed by atoms with Crippen molar-refractivity contribution >= 4 is 23.9 Å². The van der Waals surface area contributed by atoms with E-state index in [1.807, 2.05) is 26.2 Å². The highest BCUT2D eigenvalue weighted by molar-refractivity contribution is 6.30. The summed E-state index contributed by atoms with van der Waals surface area (Å²) in [5.74, 6) is -1.18. The van der Waals surface area contributed by atoms with Crippen molar-refractivity contribution in [1.82, 2.24) is 14.8 Å². The van der Waals surface area contributed by atoms with E-state index in [9.17, 15) is 14.4 Å². The Labute approximate surface area is 117 Å². The zero-order chi connectivity index (χ0) is 14.7. The first-order valence-electron chi connectivity index (χ1n) is 6.54. The molecule has 6 nitrogen and oxygen atoms in total. The van der Waals surface area contributed by atoms with Crippen molar-refractivity contribution in [3.63, 3.8) is 0 Å². The van der Waals surface area contributed by atoms with Gasteiger partial charge in [-0.25, -0.2) is 4.79 Å². The van der Waals surface area contributed by atoms with E-state index in [1.165, 1.54) is 6.08 Å². The highest BCUT2D eigenvalue weighted by atomic mass is 16.2. The van der Waals surface area contributed by atoms with Gasteiger partial charge in [0, 0.05) is 25.5 Å². The van der Waals surface area contributed by atoms with Crippen LogP contribution in [0.1, 0.15) is 25.5 Å². The third-order valence-corrected chi connectivity index (χ3v) is 3.20. The van der Waals surface area contributed by atoms with E-state index in [4.69, 9.17) is 0 Å². The van der Waals surface area contributed by atoms with E-state index in [1.54, 1.807) is 10.6 Å². The van der Waals surface area contributed by atoms with Crippen LogP contribution in [0.5, 0.6) is 0 Å². The Morgan fingerprint density at radius 2 is 2.05 bits per heavy atom. The maximum Gasteiger partial charge on any atom is 0.331 e. The molecule has 0 aliphatic carbocycles. The van der Waals surface area contributed by atoms with Gasteiger partial charge in [0.25, 0.3) is 11.8 Å². The fourth-order valence-corrected chi connectivity index (χ4v) is 1.99. The molecule has 6 heteroatoms. The van der Waals surface area contributed by atoms with Crippen molar-refractivity contribution in [3.8, 4) is 0 Å². The van der Waals surface area contributed by atoms with Crippen LogP contribution in [0.4, 0.5) is 4.79 Å². The summed E-state index contributed by atoms with van der Waals surface area (Å²) < 4.78 is 1.79. The second-order valence-corrected chi connectivity index (χ2v) is 4.67. The summed E-state index contributed by atoms with van der Waals surface area (Å²) in [7, 11) is 1.82. The van der Waals surface area contributed by atoms with Crippen LogP contribution in [0.15, 0.2) is 23.9 Å². The largest absolute Gasteiger partial charge is 0.351 e. The van der Waals surface area contributed by atoms with Gasteiger partial charge >= 0.3 is 6.03 Å². The molecule has 20 heavy (non-hydrogen) atoms. The van der Waals surface area contributed by atoms with Crippen LogP contribution in [-0.2, 0) is 16.6 Å². The molecule has 1 aliphatic rings. The van der Waals surface area contributed by atoms with Crippen LogP contribution < -0.4 is 5.32 Å². The Morgan fingerprint density at radius 1 is 1.30 bits per heavy atom. The lowest BCUT2D eigenvalue weighted by Crippen LogP contribution is -2.54. The maximum atomic E-state index is 12.3. The normalized spacial score (nSPS) is 17.8. The number of aromatic nitrogens is 1. The van der Waals surface area contributed by atoms with E-state index in [-0.39, 0.29) is 5.57 Å². The van der Waals surface area contributed by atoms with Gasteiger partial charge in [-0.1, -0.05) is 13.3 Å². The minimum atomic E-state index is -0.644. The third kappa shape index (κ3) is 2.64. The van der Waals surface area contributed by atoms with E-state index in [0.29, 0.717) is 13.0 Å². The number of carbonyl (C=O) groups excluding carboxylic acids is 3. The molecule has 1 saturated heterocycles. The fourth-order valence-electron chi connectivity index (χ4n) is 1.99. The monoisotopic (exact) mass is 275 g/mol. The summed E-state index contributed by atoms with van der Waals surface area (Å²) in [6.07, 6.45) is 4.90. The highest BCUT2D eigenvalue weighted by Gasteiger charge is 2.35. The predicted octanol–water partition coefficient (Wildman–Crippen LogP) is 1.29. The quantitative estimate of drug-likeness (QED) is 0.664. The zero-order valence-electron chi connectivity index (χ0n) is 11.5. The van der Waals surface area contributed by atoms with Gasteiger partial charge in [-0.15, -0.1) is 0 Å². The first-order valence-corrected chi connectivity index (χ1v) is 6.54. The molecule has 106 valence electrons. The molecule has 0 aromatic carbocycles. The number of imide groups is 2. The number of amides is 4. The molecule has 0 spiro atoms. The number of nitrogens with one attached hydrogen (secondary N) is 1. The lowest BCUT2D eigenvalue weighted by atomic mass is 10.1. The molecule has 0 unspecified atom stereocenters. The third-order valence-electron chi connectivity index (χ3n) is 3.20. The molecule has 1 aromatic heterocycles. The molecule has 1 aromatic rings. The molecule has 1 aliphatic heterocycles. The number of barbiturate groups is 1. The minimum absolute atomic E-state index is 0.0116. The van der Waals surface area contributed by atoms with Gasteiger partial charge in [-0.2, -0.15) is 0 Å². The summed E-state index contributed by atoms with van der Waals surface area (Å²) >= 11 is 0. The first kappa shape index (κ1) is 14.0. The fraction of sp³-hybridized carbons (Fsp3) is 0.357. The Morgan fingerprint density at radius 3 is 2.65 bits per heavy atom. The number of hydrogen-bond donors (Lipinski definition) is 1. The van der Waals surface area contributed by atoms with Gasteiger partial charge in [0.1, 0.15) is 5.57 Å². The van der Waals surface area contributed by atoms with Crippen molar-refractivity contribution in [2.24, 2.45) is 7.05 Å². The van der Waals surface area contributed by atoms with Gasteiger partial charge < -0.3 is 4.57 Å². The number of urea groups is 1. The summed E-state index contributed by atoms with van der Waals surface area (Å²) in [5.41, 5.74) is 0.718. The van der Waals surface area contributed by atoms with Gasteiger partial charge in [0.05, 0.1) is 0 Å². The van der Waals surface area contributed by atoms with Gasteiger partial charge in [-0.3, -0.25) is 19.8 Å². The molecular formula is C14H17N3O3. The summed E-state index contributed by atoms with van der Waals surface area (Å²) in [6.45, 7) is 2.29. The van der Waals surface area contributed by atoms with Crippen molar-refractivity contribution in [2.75, 3.05) is 6.54 Å². The predicted molar refractivity (Wildman–Crippen MR) is 73.5 cm³/mol. The van der Waals surface area contributed by atoms with E-state index >= 15 is 0 Å². The zero-order valence-corrected chi connectivity index (χ0v) is 11.5. The Kier molecular flexibility index (Phi) is 4.02. The van der Waals surface area contributed by atoms with Crippen LogP contribution in [0.3, 0.4) is 0 Å². The van der Waals surface area contributed by atoms with Crippen molar-refractivity contribution in [2.45, 2.75) is 19.8 Å². The topological polar surface area (TPSA) is 71.4 Å². The van der Waals surface area contributed by atoms with Gasteiger partial charge in [-0.05, 0) is 24.6 Å². The average molecular weight is 275 g/mol. The van der Waals surface area contributed by atoms with Crippen LogP contribution in [0.25, 0.3) is 6.08 Å². The smallest absolute Gasteiger partial charge is 0.331 e. The van der Waals surface area contributed by atoms with Crippen LogP contribution in [0, 0.1) is 0 Å². The summed E-state index contributed by atoms with van der Waals surface area (Å²) in [5, 5.41) is 2.20. The van der Waals surface area contributed by atoms with Crippen LogP contribution in [0.2, 0.25) is 0 Å². The second-order valence-electron chi connectivity index (χ2n) is 4.67. The van der Waals surface area contributed by atoms with E-state index in [2.05, 4.69) is 5.32 Å². The molecule has 0 saturated carbocycles. The number of unbranched alkanes of at least 4 members (excludes halogenated alkanes) is 1. The Balaban J connectivity index is 2.30. The van der Waals surface area contributed by atoms with E-state index < -0.39 is 17.8 Å². The Hall–Kier alpha value is -2.37. The molecule has 2 heterocycles. The number of rotatable bonds is 4. The molecule has 0 bridgehead atoms. The minimum Gasteiger partial charge on any atom is -0.351 e. The SMILES string of the molecule is CCCCN1C(=O)NC(=O)/C(=C\c2cccn2C)C1=O. The molecule has 0 atom stereocenters. The number of hydrogen-bond acceptors (Lipinski definition) is 3. The van der Waals surface area contributed by atoms with Crippen molar-refractivity contribution in [1.29, 1.82) is 0 Å². The van der Waals surface area contributed by atoms with Gasteiger partial charge in [0.2, 0.25) is 0 Å². The second kappa shape index (κ2) is 5.73. The molecule has 1 N–H and O–H groups in total. The van der Waals surface area contributed by atoms with Crippen molar-refractivity contribution in [3.05, 3.63) is 29.6 Å². The standard InChI is InChI=1S/C14H17N3O3/c1-3-4-8-17-13(19)11(12(18)15-14(17)20)9-10-6-5-7-16(10)2/h5-7,9H,3-4,8H2,1-2H3,(H,15,18,20)/b11-9+. The molecule has 0 radical (unpaired) electrons. The summed E-state index contributed by atoms with van der Waals surface area (Å²) in [6, 6.07) is 2.97. The van der Waals surface area contributed by atoms with E-state index in [0.717, 1.165) is 17.0 Å². The molecule has 4 amide bonds. The highest BCUT2D eigenvalue weighted by Crippen LogP contribution is 2.15. The van der Waals surface area contributed by atoms with Crippen molar-refractivity contribution < 1.29 is 14.4 Å². The lowest BCUT2D eigenvalue weighted by Gasteiger charge is -2.26. The van der Waals surface area contributed by atoms with Crippen LogP contribution >= 0.6 is 0 Å². The van der Waals surface area contributed by atoms with Crippen LogP contribution in [-0.4, -0.2) is 33.9 Å². The van der Waals surface area contributed by atoms with Gasteiger partial charge in [0.15, 0.2) is 0 Å². The number of nitrogens with zero attached hydrogens (tertiary/aromatic N) is 2. The molecule has 2 rings (SSSR count). The molecular weight excluding hydrogens is 258 g/mol. The number of aryl methyl sites for hydroxylation is 1. The average Bonchev–Trinajstić information content (AvgIpc) is 2.80. The lowest BCUT2D eigenvalue weighted by molar-refractivity contribution is -0.130. The number of carbonyl (C=O) groups is 3.